The molecule has 0 amide bonds. The fraction of sp³-hybridized carbons (Fsp3) is 0.647. The van der Waals surface area contributed by atoms with Crippen molar-refractivity contribution in [2.75, 3.05) is 0 Å². The second kappa shape index (κ2) is 6.21. The van der Waals surface area contributed by atoms with Crippen molar-refractivity contribution in [1.82, 2.24) is 0 Å². The summed E-state index contributed by atoms with van der Waals surface area (Å²) in [5.41, 5.74) is -0.256. The molecule has 1 aromatic carbocycles. The fourth-order valence-electron chi connectivity index (χ4n) is 3.58. The summed E-state index contributed by atoms with van der Waals surface area (Å²) in [6, 6.07) is 3.52. The number of hydrogen-bond acceptors (Lipinski definition) is 1. The highest BCUT2D eigenvalue weighted by Gasteiger charge is 2.34. The van der Waals surface area contributed by atoms with Gasteiger partial charge in [-0.3, -0.25) is 0 Å². The maximum absolute atomic E-state index is 13.2. The molecule has 20 heavy (non-hydrogen) atoms. The summed E-state index contributed by atoms with van der Waals surface area (Å²) in [7, 11) is 0. The first-order chi connectivity index (χ1) is 9.36. The molecule has 3 heteroatoms. The van der Waals surface area contributed by atoms with E-state index in [1.807, 2.05) is 0 Å². The van der Waals surface area contributed by atoms with Gasteiger partial charge in [-0.1, -0.05) is 26.7 Å². The Kier molecular flexibility index (Phi) is 4.79. The van der Waals surface area contributed by atoms with Gasteiger partial charge in [0.25, 0.3) is 0 Å². The first-order valence-electron chi connectivity index (χ1n) is 7.54. The molecule has 0 saturated heterocycles. The van der Waals surface area contributed by atoms with E-state index in [1.165, 1.54) is 12.1 Å². The smallest absolute Gasteiger partial charge is 0.126 e. The standard InChI is InChI=1S/C17H24F2O/c1-12(2)6-13-4-3-5-17(20,10-13)11-14-7-15(18)9-16(19)8-14/h7-9,12-13,20H,3-6,10-11H2,1-2H3. The van der Waals surface area contributed by atoms with E-state index in [0.717, 1.165) is 38.2 Å². The van der Waals surface area contributed by atoms with E-state index in [-0.39, 0.29) is 0 Å². The van der Waals surface area contributed by atoms with Gasteiger partial charge in [-0.05, 0) is 48.8 Å². The van der Waals surface area contributed by atoms with Crippen LogP contribution in [0.15, 0.2) is 18.2 Å². The minimum absolute atomic E-state index is 0.344. The summed E-state index contributed by atoms with van der Waals surface area (Å²) in [6.45, 7) is 4.38. The van der Waals surface area contributed by atoms with E-state index < -0.39 is 17.2 Å². The molecule has 1 fully saturated rings. The van der Waals surface area contributed by atoms with Crippen LogP contribution >= 0.6 is 0 Å². The second-order valence-corrected chi connectivity index (χ2v) is 6.77. The Labute approximate surface area is 120 Å². The van der Waals surface area contributed by atoms with Gasteiger partial charge in [0.1, 0.15) is 11.6 Å². The highest BCUT2D eigenvalue weighted by Crippen LogP contribution is 2.37. The molecule has 0 heterocycles. The molecule has 1 aliphatic carbocycles. The molecule has 1 nitrogen and oxygen atoms in total. The van der Waals surface area contributed by atoms with Gasteiger partial charge >= 0.3 is 0 Å². The van der Waals surface area contributed by atoms with Gasteiger partial charge in [-0.25, -0.2) is 8.78 Å². The average molecular weight is 282 g/mol. The van der Waals surface area contributed by atoms with Gasteiger partial charge < -0.3 is 5.11 Å². The van der Waals surface area contributed by atoms with E-state index in [2.05, 4.69) is 13.8 Å². The van der Waals surface area contributed by atoms with Crippen molar-refractivity contribution in [3.05, 3.63) is 35.4 Å². The van der Waals surface area contributed by atoms with Gasteiger partial charge in [0.05, 0.1) is 5.60 Å². The first-order valence-corrected chi connectivity index (χ1v) is 7.54. The Hall–Kier alpha value is -0.960. The Morgan fingerprint density at radius 2 is 1.90 bits per heavy atom. The second-order valence-electron chi connectivity index (χ2n) is 6.77. The summed E-state index contributed by atoms with van der Waals surface area (Å²) in [5, 5.41) is 10.7. The summed E-state index contributed by atoms with van der Waals surface area (Å²) < 4.78 is 26.5. The lowest BCUT2D eigenvalue weighted by molar-refractivity contribution is -0.0190. The highest BCUT2D eigenvalue weighted by molar-refractivity contribution is 5.20. The van der Waals surface area contributed by atoms with Crippen LogP contribution in [0.2, 0.25) is 0 Å². The maximum atomic E-state index is 13.2. The zero-order valence-electron chi connectivity index (χ0n) is 12.3. The topological polar surface area (TPSA) is 20.2 Å². The zero-order chi connectivity index (χ0) is 14.8. The van der Waals surface area contributed by atoms with Gasteiger partial charge in [0, 0.05) is 12.5 Å². The molecule has 2 atom stereocenters. The Balaban J connectivity index is 2.06. The van der Waals surface area contributed by atoms with Gasteiger partial charge in [0.2, 0.25) is 0 Å². The third-order valence-electron chi connectivity index (χ3n) is 4.18. The van der Waals surface area contributed by atoms with E-state index in [0.29, 0.717) is 23.8 Å². The van der Waals surface area contributed by atoms with Crippen LogP contribution in [0.3, 0.4) is 0 Å². The Morgan fingerprint density at radius 3 is 2.50 bits per heavy atom. The summed E-state index contributed by atoms with van der Waals surface area (Å²) in [4.78, 5) is 0. The van der Waals surface area contributed by atoms with Crippen molar-refractivity contribution in [3.8, 4) is 0 Å². The number of hydrogen-bond donors (Lipinski definition) is 1. The lowest BCUT2D eigenvalue weighted by Crippen LogP contribution is -2.37. The van der Waals surface area contributed by atoms with Crippen LogP contribution in [-0.4, -0.2) is 10.7 Å². The molecule has 0 aliphatic heterocycles. The van der Waals surface area contributed by atoms with Crippen molar-refractivity contribution < 1.29 is 13.9 Å². The largest absolute Gasteiger partial charge is 0.390 e. The van der Waals surface area contributed by atoms with E-state index >= 15 is 0 Å². The van der Waals surface area contributed by atoms with Crippen LogP contribution in [0.5, 0.6) is 0 Å². The van der Waals surface area contributed by atoms with Crippen LogP contribution < -0.4 is 0 Å². The molecule has 1 aliphatic rings. The van der Waals surface area contributed by atoms with Crippen molar-refractivity contribution in [2.24, 2.45) is 11.8 Å². The molecule has 1 N–H and O–H groups in total. The monoisotopic (exact) mass is 282 g/mol. The van der Waals surface area contributed by atoms with E-state index in [1.54, 1.807) is 0 Å². The molecule has 0 bridgehead atoms. The molecule has 2 unspecified atom stereocenters. The van der Waals surface area contributed by atoms with Crippen LogP contribution in [0.4, 0.5) is 8.78 Å². The molecular formula is C17H24F2O. The van der Waals surface area contributed by atoms with Crippen LogP contribution in [-0.2, 0) is 6.42 Å². The molecule has 112 valence electrons. The predicted molar refractivity (Wildman–Crippen MR) is 76.4 cm³/mol. The van der Waals surface area contributed by atoms with E-state index in [4.69, 9.17) is 0 Å². The van der Waals surface area contributed by atoms with Gasteiger partial charge in [-0.15, -0.1) is 0 Å². The minimum atomic E-state index is -0.808. The maximum Gasteiger partial charge on any atom is 0.126 e. The number of aliphatic hydroxyl groups is 1. The molecule has 1 aromatic rings. The lowest BCUT2D eigenvalue weighted by atomic mass is 9.73. The predicted octanol–water partition coefficient (Wildman–Crippen LogP) is 4.47. The summed E-state index contributed by atoms with van der Waals surface area (Å²) in [5.74, 6) is -0.00241. The van der Waals surface area contributed by atoms with Crippen LogP contribution in [0.25, 0.3) is 0 Å². The third kappa shape index (κ3) is 4.27. The highest BCUT2D eigenvalue weighted by atomic mass is 19.1. The molecule has 0 spiro atoms. The summed E-state index contributed by atoms with van der Waals surface area (Å²) in [6.07, 6.45) is 5.06. The minimum Gasteiger partial charge on any atom is -0.390 e. The van der Waals surface area contributed by atoms with Crippen molar-refractivity contribution >= 4 is 0 Å². The molecule has 2 rings (SSSR count). The summed E-state index contributed by atoms with van der Waals surface area (Å²) >= 11 is 0. The average Bonchev–Trinajstić information content (AvgIpc) is 2.25. The van der Waals surface area contributed by atoms with E-state index in [9.17, 15) is 13.9 Å². The SMILES string of the molecule is CC(C)CC1CCCC(O)(Cc2cc(F)cc(F)c2)C1. The van der Waals surface area contributed by atoms with Gasteiger partial charge in [-0.2, -0.15) is 0 Å². The van der Waals surface area contributed by atoms with Crippen LogP contribution in [0.1, 0.15) is 51.5 Å². The normalized spacial score (nSPS) is 27.0. The Bertz CT molecular complexity index is 438. The van der Waals surface area contributed by atoms with Gasteiger partial charge in [0.15, 0.2) is 0 Å². The molecular weight excluding hydrogens is 258 g/mol. The zero-order valence-corrected chi connectivity index (χ0v) is 12.3. The Morgan fingerprint density at radius 1 is 1.25 bits per heavy atom. The third-order valence-corrected chi connectivity index (χ3v) is 4.18. The first kappa shape index (κ1) is 15.4. The van der Waals surface area contributed by atoms with Crippen LogP contribution in [0, 0.1) is 23.5 Å². The fourth-order valence-corrected chi connectivity index (χ4v) is 3.58. The lowest BCUT2D eigenvalue weighted by Gasteiger charge is -2.37. The molecule has 0 aromatic heterocycles. The van der Waals surface area contributed by atoms with Crippen molar-refractivity contribution in [2.45, 2.75) is 58.0 Å². The van der Waals surface area contributed by atoms with Crippen molar-refractivity contribution in [3.63, 3.8) is 0 Å². The van der Waals surface area contributed by atoms with Crippen molar-refractivity contribution in [1.29, 1.82) is 0 Å². The molecule has 1 saturated carbocycles. The number of halogens is 2. The number of rotatable bonds is 4. The molecule has 0 radical (unpaired) electrons. The quantitative estimate of drug-likeness (QED) is 0.863. The number of benzene rings is 1.